The lowest BCUT2D eigenvalue weighted by molar-refractivity contribution is 0.409. The summed E-state index contributed by atoms with van der Waals surface area (Å²) in [6, 6.07) is 9.82. The smallest absolute Gasteiger partial charge is 0.123 e. The molecule has 0 aliphatic rings. The Balaban J connectivity index is 2.29. The molecule has 0 N–H and O–H groups in total. The van der Waals surface area contributed by atoms with Crippen LogP contribution in [-0.4, -0.2) is 7.11 Å². The summed E-state index contributed by atoms with van der Waals surface area (Å²) < 4.78 is 6.55. The van der Waals surface area contributed by atoms with Crippen molar-refractivity contribution in [2.75, 3.05) is 7.11 Å². The van der Waals surface area contributed by atoms with Crippen molar-refractivity contribution in [3.63, 3.8) is 0 Å². The van der Waals surface area contributed by atoms with Crippen LogP contribution in [0.5, 0.6) is 5.75 Å². The fraction of sp³-hybridized carbons (Fsp3) is 0.250. The highest BCUT2D eigenvalue weighted by atomic mass is 79.9. The molecule has 0 bridgehead atoms. The van der Waals surface area contributed by atoms with E-state index in [9.17, 15) is 0 Å². The third-order valence-corrected chi connectivity index (χ3v) is 5.66. The number of hydrogen-bond acceptors (Lipinski definition) is 1. The second-order valence-corrected chi connectivity index (χ2v) is 7.54. The van der Waals surface area contributed by atoms with Crippen LogP contribution < -0.4 is 4.74 Å². The van der Waals surface area contributed by atoms with Gasteiger partial charge < -0.3 is 4.74 Å². The molecular formula is C16H14Br2Cl2O. The molecule has 0 spiro atoms. The molecule has 0 aliphatic carbocycles. The highest BCUT2D eigenvalue weighted by molar-refractivity contribution is 9.10. The van der Waals surface area contributed by atoms with E-state index >= 15 is 0 Å². The maximum absolute atomic E-state index is 6.07. The normalized spacial score (nSPS) is 12.3. The zero-order chi connectivity index (χ0) is 15.6. The fourth-order valence-electron chi connectivity index (χ4n) is 2.08. The van der Waals surface area contributed by atoms with Crippen LogP contribution >= 0.6 is 55.1 Å². The van der Waals surface area contributed by atoms with Gasteiger partial charge in [-0.2, -0.15) is 0 Å². The largest absolute Gasteiger partial charge is 0.496 e. The first-order chi connectivity index (χ1) is 9.92. The molecular weight excluding hydrogens is 439 g/mol. The first-order valence-electron chi connectivity index (χ1n) is 6.34. The lowest BCUT2D eigenvalue weighted by Crippen LogP contribution is -2.00. The second-order valence-electron chi connectivity index (χ2n) is 4.76. The molecule has 1 unspecified atom stereocenters. The van der Waals surface area contributed by atoms with Crippen LogP contribution in [0.2, 0.25) is 10.0 Å². The summed E-state index contributed by atoms with van der Waals surface area (Å²) >= 11 is 19.3. The van der Waals surface area contributed by atoms with E-state index in [1.54, 1.807) is 7.11 Å². The molecule has 1 nitrogen and oxygen atoms in total. The maximum atomic E-state index is 6.07. The van der Waals surface area contributed by atoms with Crippen molar-refractivity contribution >= 4 is 55.1 Å². The van der Waals surface area contributed by atoms with Gasteiger partial charge >= 0.3 is 0 Å². The number of aryl methyl sites for hydroxylation is 1. The fourth-order valence-corrected chi connectivity index (χ4v) is 3.49. The summed E-state index contributed by atoms with van der Waals surface area (Å²) in [5.74, 6) is 0.873. The lowest BCUT2D eigenvalue weighted by atomic mass is 10.0. The molecule has 2 aromatic rings. The Hall–Kier alpha value is -0.220. The van der Waals surface area contributed by atoms with E-state index in [2.05, 4.69) is 37.9 Å². The Labute approximate surface area is 151 Å². The van der Waals surface area contributed by atoms with Gasteiger partial charge in [0.1, 0.15) is 5.75 Å². The van der Waals surface area contributed by atoms with Gasteiger partial charge in [-0.15, -0.1) is 0 Å². The molecule has 21 heavy (non-hydrogen) atoms. The van der Waals surface area contributed by atoms with Crippen molar-refractivity contribution in [3.8, 4) is 5.75 Å². The van der Waals surface area contributed by atoms with Gasteiger partial charge in [0.05, 0.1) is 17.2 Å². The predicted molar refractivity (Wildman–Crippen MR) is 97.3 cm³/mol. The van der Waals surface area contributed by atoms with E-state index in [-0.39, 0.29) is 4.83 Å². The maximum Gasteiger partial charge on any atom is 0.123 e. The SMILES string of the molecule is COc1cc(C)c(Br)cc1C(Br)Cc1ccc(Cl)c(Cl)c1. The zero-order valence-corrected chi connectivity index (χ0v) is 16.3. The summed E-state index contributed by atoms with van der Waals surface area (Å²) in [6.45, 7) is 2.04. The highest BCUT2D eigenvalue weighted by Crippen LogP contribution is 2.37. The van der Waals surface area contributed by atoms with Gasteiger partial charge in [0, 0.05) is 14.9 Å². The minimum absolute atomic E-state index is 0.126. The number of methoxy groups -OCH3 is 1. The van der Waals surface area contributed by atoms with Gasteiger partial charge in [0.25, 0.3) is 0 Å². The molecule has 0 aromatic heterocycles. The van der Waals surface area contributed by atoms with Crippen molar-refractivity contribution in [2.24, 2.45) is 0 Å². The Morgan fingerprint density at radius 3 is 2.48 bits per heavy atom. The summed E-state index contributed by atoms with van der Waals surface area (Å²) in [6.07, 6.45) is 0.794. The molecule has 0 saturated heterocycles. The van der Waals surface area contributed by atoms with Crippen LogP contribution in [0, 0.1) is 6.92 Å². The van der Waals surface area contributed by atoms with E-state index in [4.69, 9.17) is 27.9 Å². The van der Waals surface area contributed by atoms with E-state index in [0.29, 0.717) is 10.0 Å². The molecule has 0 fully saturated rings. The zero-order valence-electron chi connectivity index (χ0n) is 11.6. The summed E-state index contributed by atoms with van der Waals surface area (Å²) in [5, 5.41) is 1.15. The van der Waals surface area contributed by atoms with Gasteiger partial charge in [-0.25, -0.2) is 0 Å². The van der Waals surface area contributed by atoms with Crippen LogP contribution in [0.15, 0.2) is 34.8 Å². The third-order valence-electron chi connectivity index (χ3n) is 3.25. The van der Waals surface area contributed by atoms with E-state index in [1.807, 2.05) is 31.2 Å². The van der Waals surface area contributed by atoms with Crippen molar-refractivity contribution in [2.45, 2.75) is 18.2 Å². The topological polar surface area (TPSA) is 9.23 Å². The third kappa shape index (κ3) is 4.16. The van der Waals surface area contributed by atoms with Gasteiger partial charge in [-0.05, 0) is 48.7 Å². The summed E-state index contributed by atoms with van der Waals surface area (Å²) in [7, 11) is 1.69. The number of ether oxygens (including phenoxy) is 1. The quantitative estimate of drug-likeness (QED) is 0.466. The van der Waals surface area contributed by atoms with Crippen molar-refractivity contribution in [1.82, 2.24) is 0 Å². The lowest BCUT2D eigenvalue weighted by Gasteiger charge is -2.16. The monoisotopic (exact) mass is 450 g/mol. The molecule has 2 aromatic carbocycles. The average Bonchev–Trinajstić information content (AvgIpc) is 2.45. The molecule has 5 heteroatoms. The Kier molecular flexibility index (Phi) is 6.01. The Morgan fingerprint density at radius 1 is 1.14 bits per heavy atom. The van der Waals surface area contributed by atoms with Crippen LogP contribution in [0.3, 0.4) is 0 Å². The van der Waals surface area contributed by atoms with Crippen LogP contribution in [0.1, 0.15) is 21.5 Å². The van der Waals surface area contributed by atoms with Gasteiger partial charge in [0.15, 0.2) is 0 Å². The number of hydrogen-bond donors (Lipinski definition) is 0. The minimum Gasteiger partial charge on any atom is -0.496 e. The summed E-state index contributed by atoms with van der Waals surface area (Å²) in [5.41, 5.74) is 3.36. The van der Waals surface area contributed by atoms with Crippen molar-refractivity contribution < 1.29 is 4.74 Å². The summed E-state index contributed by atoms with van der Waals surface area (Å²) in [4.78, 5) is 0.126. The molecule has 1 atom stereocenters. The van der Waals surface area contributed by atoms with Crippen LogP contribution in [-0.2, 0) is 6.42 Å². The standard InChI is InChI=1S/C16H14Br2Cl2O/c1-9-5-16(21-2)11(8-12(9)17)13(18)6-10-3-4-14(19)15(20)7-10/h3-5,7-8,13H,6H2,1-2H3. The number of benzene rings is 2. The van der Waals surface area contributed by atoms with Crippen molar-refractivity contribution in [1.29, 1.82) is 0 Å². The van der Waals surface area contributed by atoms with E-state index < -0.39 is 0 Å². The van der Waals surface area contributed by atoms with E-state index in [1.165, 1.54) is 0 Å². The average molecular weight is 453 g/mol. The second kappa shape index (κ2) is 7.36. The molecule has 0 amide bonds. The highest BCUT2D eigenvalue weighted by Gasteiger charge is 2.16. The molecule has 2 rings (SSSR count). The molecule has 0 heterocycles. The predicted octanol–water partition coefficient (Wildman–Crippen LogP) is 6.75. The minimum atomic E-state index is 0.126. The Bertz CT molecular complexity index is 659. The first-order valence-corrected chi connectivity index (χ1v) is 8.81. The van der Waals surface area contributed by atoms with Crippen LogP contribution in [0.4, 0.5) is 0 Å². The Morgan fingerprint density at radius 2 is 1.86 bits per heavy atom. The molecule has 0 radical (unpaired) electrons. The van der Waals surface area contributed by atoms with Crippen LogP contribution in [0.25, 0.3) is 0 Å². The van der Waals surface area contributed by atoms with E-state index in [0.717, 1.165) is 33.3 Å². The molecule has 0 aliphatic heterocycles. The van der Waals surface area contributed by atoms with Gasteiger partial charge in [0.2, 0.25) is 0 Å². The number of alkyl halides is 1. The molecule has 0 saturated carbocycles. The van der Waals surface area contributed by atoms with Gasteiger partial charge in [-0.3, -0.25) is 0 Å². The molecule has 112 valence electrons. The van der Waals surface area contributed by atoms with Crippen molar-refractivity contribution in [3.05, 3.63) is 61.5 Å². The van der Waals surface area contributed by atoms with Gasteiger partial charge in [-0.1, -0.05) is 61.1 Å². The number of halogens is 4. The first kappa shape index (κ1) is 17.1. The number of rotatable bonds is 4.